The summed E-state index contributed by atoms with van der Waals surface area (Å²) in [6.45, 7) is 3.93. The molecule has 1 aliphatic heterocycles. The molecule has 2 aromatic rings. The third-order valence-electron chi connectivity index (χ3n) is 4.78. The average Bonchev–Trinajstić information content (AvgIpc) is 3.39. The summed E-state index contributed by atoms with van der Waals surface area (Å²) in [6, 6.07) is 13.0. The molecular weight excluding hydrogens is 471 g/mol. The van der Waals surface area contributed by atoms with Crippen LogP contribution in [-0.2, 0) is 6.54 Å². The van der Waals surface area contributed by atoms with Crippen molar-refractivity contribution in [3.8, 4) is 5.75 Å². The van der Waals surface area contributed by atoms with Crippen molar-refractivity contribution < 1.29 is 4.74 Å². The van der Waals surface area contributed by atoms with Crippen LogP contribution in [0.4, 0.5) is 0 Å². The van der Waals surface area contributed by atoms with Gasteiger partial charge in [0.15, 0.2) is 5.96 Å². The molecule has 1 unspecified atom stereocenters. The Balaban J connectivity index is 0.00000261. The topological polar surface area (TPSA) is 48.9 Å². The number of hydrogen-bond acceptors (Lipinski definition) is 4. The smallest absolute Gasteiger partial charge is 0.191 e. The van der Waals surface area contributed by atoms with Crippen LogP contribution >= 0.6 is 35.3 Å². The number of rotatable bonds is 7. The lowest BCUT2D eigenvalue weighted by atomic mass is 10.1. The van der Waals surface area contributed by atoms with Crippen LogP contribution in [0.15, 0.2) is 46.8 Å². The summed E-state index contributed by atoms with van der Waals surface area (Å²) >= 11 is 1.76. The van der Waals surface area contributed by atoms with E-state index >= 15 is 0 Å². The summed E-state index contributed by atoms with van der Waals surface area (Å²) in [4.78, 5) is 8.23. The third kappa shape index (κ3) is 6.36. The van der Waals surface area contributed by atoms with Gasteiger partial charge in [-0.05, 0) is 55.1 Å². The fourth-order valence-corrected chi connectivity index (χ4v) is 3.98. The van der Waals surface area contributed by atoms with E-state index in [1.54, 1.807) is 18.4 Å². The van der Waals surface area contributed by atoms with Gasteiger partial charge in [0.25, 0.3) is 0 Å². The standard InChI is InChI=1S/C20H28N4OS.HI/c1-21-20(22-14-18-6-5-13-26-18)23-15-19(24-11-3-4-12-24)16-7-9-17(25-2)10-8-16;/h5-10,13,19H,3-4,11-12,14-15H2,1-2H3,(H2,21,22,23);1H. The predicted molar refractivity (Wildman–Crippen MR) is 124 cm³/mol. The van der Waals surface area contributed by atoms with Crippen LogP contribution in [0.1, 0.15) is 29.3 Å². The van der Waals surface area contributed by atoms with Gasteiger partial charge in [-0.2, -0.15) is 0 Å². The van der Waals surface area contributed by atoms with E-state index in [1.807, 2.05) is 19.2 Å². The maximum atomic E-state index is 5.30. The van der Waals surface area contributed by atoms with Gasteiger partial charge in [0.1, 0.15) is 5.75 Å². The molecule has 1 fully saturated rings. The van der Waals surface area contributed by atoms with Crippen LogP contribution in [0.3, 0.4) is 0 Å². The predicted octanol–water partition coefficient (Wildman–Crippen LogP) is 3.88. The summed E-state index contributed by atoms with van der Waals surface area (Å²) in [5.74, 6) is 1.74. The first kappa shape index (κ1) is 22.0. The van der Waals surface area contributed by atoms with Gasteiger partial charge in [-0.1, -0.05) is 18.2 Å². The molecule has 1 aromatic heterocycles. The minimum Gasteiger partial charge on any atom is -0.497 e. The Morgan fingerprint density at radius 2 is 1.93 bits per heavy atom. The second kappa shape index (κ2) is 11.5. The highest BCUT2D eigenvalue weighted by atomic mass is 127. The SMILES string of the molecule is CN=C(NCc1cccs1)NCC(c1ccc(OC)cc1)N1CCCC1.I. The second-order valence-corrected chi connectivity index (χ2v) is 7.45. The molecule has 0 bridgehead atoms. The molecule has 2 N–H and O–H groups in total. The van der Waals surface area contributed by atoms with Gasteiger partial charge in [0.2, 0.25) is 0 Å². The van der Waals surface area contributed by atoms with Crippen molar-refractivity contribution in [1.29, 1.82) is 0 Å². The van der Waals surface area contributed by atoms with Crippen molar-refractivity contribution in [3.63, 3.8) is 0 Å². The number of likely N-dealkylation sites (tertiary alicyclic amines) is 1. The van der Waals surface area contributed by atoms with E-state index in [9.17, 15) is 0 Å². The molecular formula is C20H29IN4OS. The molecule has 7 heteroatoms. The fraction of sp³-hybridized carbons (Fsp3) is 0.450. The molecule has 3 rings (SSSR count). The van der Waals surface area contributed by atoms with Crippen LogP contribution in [0.25, 0.3) is 0 Å². The van der Waals surface area contributed by atoms with Crippen LogP contribution in [0.2, 0.25) is 0 Å². The maximum Gasteiger partial charge on any atom is 0.191 e. The van der Waals surface area contributed by atoms with Gasteiger partial charge < -0.3 is 15.4 Å². The van der Waals surface area contributed by atoms with Crippen molar-refractivity contribution in [2.75, 3.05) is 33.8 Å². The average molecular weight is 500 g/mol. The quantitative estimate of drug-likeness (QED) is 0.344. The molecule has 0 amide bonds. The van der Waals surface area contributed by atoms with Crippen molar-refractivity contribution in [2.24, 2.45) is 4.99 Å². The van der Waals surface area contributed by atoms with Gasteiger partial charge in [-0.15, -0.1) is 35.3 Å². The number of aliphatic imine (C=N–C) groups is 1. The molecule has 0 spiro atoms. The lowest BCUT2D eigenvalue weighted by molar-refractivity contribution is 0.245. The summed E-state index contributed by atoms with van der Waals surface area (Å²) in [5, 5.41) is 9.00. The van der Waals surface area contributed by atoms with Crippen LogP contribution in [0, 0.1) is 0 Å². The van der Waals surface area contributed by atoms with Gasteiger partial charge in [0, 0.05) is 18.5 Å². The zero-order valence-electron chi connectivity index (χ0n) is 16.0. The molecule has 5 nitrogen and oxygen atoms in total. The number of hydrogen-bond donors (Lipinski definition) is 2. The van der Waals surface area contributed by atoms with Gasteiger partial charge >= 0.3 is 0 Å². The zero-order chi connectivity index (χ0) is 18.2. The highest BCUT2D eigenvalue weighted by Crippen LogP contribution is 2.26. The molecule has 1 atom stereocenters. The Kier molecular flexibility index (Phi) is 9.36. The number of benzene rings is 1. The highest BCUT2D eigenvalue weighted by Gasteiger charge is 2.23. The fourth-order valence-electron chi connectivity index (χ4n) is 3.34. The number of thiophene rings is 1. The number of ether oxygens (including phenoxy) is 1. The summed E-state index contributed by atoms with van der Waals surface area (Å²) in [5.41, 5.74) is 1.31. The Bertz CT molecular complexity index is 685. The van der Waals surface area contributed by atoms with Crippen molar-refractivity contribution in [3.05, 3.63) is 52.2 Å². The maximum absolute atomic E-state index is 5.30. The van der Waals surface area contributed by atoms with Crippen LogP contribution in [0.5, 0.6) is 5.75 Å². The molecule has 148 valence electrons. The number of nitrogens with one attached hydrogen (secondary N) is 2. The number of halogens is 1. The minimum atomic E-state index is 0. The summed E-state index contributed by atoms with van der Waals surface area (Å²) in [7, 11) is 3.53. The first-order valence-corrected chi connectivity index (χ1v) is 10.0. The van der Waals surface area contributed by atoms with E-state index in [4.69, 9.17) is 4.74 Å². The zero-order valence-corrected chi connectivity index (χ0v) is 19.1. The second-order valence-electron chi connectivity index (χ2n) is 6.42. The summed E-state index contributed by atoms with van der Waals surface area (Å²) < 4.78 is 5.30. The van der Waals surface area contributed by atoms with Crippen LogP contribution in [-0.4, -0.2) is 44.7 Å². The molecule has 1 saturated heterocycles. The Hall–Kier alpha value is -1.32. The van der Waals surface area contributed by atoms with E-state index in [0.717, 1.165) is 37.9 Å². The first-order chi connectivity index (χ1) is 12.8. The number of guanidine groups is 1. The minimum absolute atomic E-state index is 0. The molecule has 1 aliphatic rings. The molecule has 2 heterocycles. The van der Waals surface area contributed by atoms with Crippen molar-refractivity contribution in [2.45, 2.75) is 25.4 Å². The third-order valence-corrected chi connectivity index (χ3v) is 5.66. The molecule has 1 aromatic carbocycles. The van der Waals surface area contributed by atoms with E-state index in [0.29, 0.717) is 6.04 Å². The Morgan fingerprint density at radius 1 is 1.19 bits per heavy atom. The largest absolute Gasteiger partial charge is 0.497 e. The Morgan fingerprint density at radius 3 is 2.52 bits per heavy atom. The van der Waals surface area contributed by atoms with Gasteiger partial charge in [-0.3, -0.25) is 9.89 Å². The number of methoxy groups -OCH3 is 1. The summed E-state index contributed by atoms with van der Waals surface area (Å²) in [6.07, 6.45) is 2.55. The monoisotopic (exact) mass is 500 g/mol. The lowest BCUT2D eigenvalue weighted by Crippen LogP contribution is -2.42. The molecule has 0 saturated carbocycles. The van der Waals surface area contributed by atoms with E-state index in [-0.39, 0.29) is 24.0 Å². The van der Waals surface area contributed by atoms with E-state index < -0.39 is 0 Å². The highest BCUT2D eigenvalue weighted by molar-refractivity contribution is 14.0. The molecule has 27 heavy (non-hydrogen) atoms. The number of nitrogens with zero attached hydrogens (tertiary/aromatic N) is 2. The van der Waals surface area contributed by atoms with Crippen molar-refractivity contribution >= 4 is 41.3 Å². The van der Waals surface area contributed by atoms with E-state index in [2.05, 4.69) is 50.2 Å². The first-order valence-electron chi connectivity index (χ1n) is 9.15. The Labute approximate surface area is 183 Å². The molecule has 0 radical (unpaired) electrons. The normalized spacial score (nSPS) is 15.9. The van der Waals surface area contributed by atoms with Crippen molar-refractivity contribution in [1.82, 2.24) is 15.5 Å². The van der Waals surface area contributed by atoms with Gasteiger partial charge in [-0.25, -0.2) is 0 Å². The van der Waals surface area contributed by atoms with Gasteiger partial charge in [0.05, 0.1) is 19.7 Å². The van der Waals surface area contributed by atoms with E-state index in [1.165, 1.54) is 23.3 Å². The van der Waals surface area contributed by atoms with Crippen LogP contribution < -0.4 is 15.4 Å². The molecule has 0 aliphatic carbocycles. The lowest BCUT2D eigenvalue weighted by Gasteiger charge is -2.29.